The number of ether oxygens (including phenoxy) is 1. The summed E-state index contributed by atoms with van der Waals surface area (Å²) in [5.74, 6) is 0.210. The summed E-state index contributed by atoms with van der Waals surface area (Å²) in [5.41, 5.74) is 1.54. The van der Waals surface area contributed by atoms with E-state index in [4.69, 9.17) is 4.74 Å². The van der Waals surface area contributed by atoms with E-state index in [0.717, 1.165) is 0 Å². The van der Waals surface area contributed by atoms with Crippen LogP contribution in [-0.4, -0.2) is 36.6 Å². The highest BCUT2D eigenvalue weighted by Crippen LogP contribution is 2.28. The zero-order chi connectivity index (χ0) is 20.1. The zero-order valence-electron chi connectivity index (χ0n) is 15.5. The Labute approximate surface area is 169 Å². The molecular weight excluding hydrogens is 403 g/mol. The lowest BCUT2D eigenvalue weighted by atomic mass is 10.3. The first kappa shape index (κ1) is 20.2. The van der Waals surface area contributed by atoms with Crippen LogP contribution in [0.2, 0.25) is 0 Å². The number of aromatic nitrogens is 5. The summed E-state index contributed by atoms with van der Waals surface area (Å²) in [6.07, 6.45) is -0.517. The van der Waals surface area contributed by atoms with Gasteiger partial charge in [-0.15, -0.1) is 20.4 Å². The molecule has 0 spiro atoms. The van der Waals surface area contributed by atoms with Crippen molar-refractivity contribution >= 4 is 34.1 Å². The first-order valence-electron chi connectivity index (χ1n) is 8.50. The quantitative estimate of drug-likeness (QED) is 0.553. The monoisotopic (exact) mass is 422 g/mol. The Morgan fingerprint density at radius 3 is 2.75 bits per heavy atom. The van der Waals surface area contributed by atoms with Crippen LogP contribution in [0.1, 0.15) is 38.7 Å². The van der Waals surface area contributed by atoms with Crippen molar-refractivity contribution in [1.29, 1.82) is 0 Å². The number of amides is 1. The summed E-state index contributed by atoms with van der Waals surface area (Å²) in [4.78, 5) is 12.1. The molecule has 1 amide bonds. The molecule has 11 heteroatoms. The van der Waals surface area contributed by atoms with Gasteiger partial charge in [0.15, 0.2) is 28.7 Å². The van der Waals surface area contributed by atoms with Gasteiger partial charge >= 0.3 is 0 Å². The van der Waals surface area contributed by atoms with Crippen molar-refractivity contribution in [2.45, 2.75) is 38.1 Å². The molecule has 0 fully saturated rings. The number of rotatable bonds is 8. The van der Waals surface area contributed by atoms with Crippen LogP contribution in [0.15, 0.2) is 34.9 Å². The lowest BCUT2D eigenvalue weighted by Crippen LogP contribution is -2.16. The van der Waals surface area contributed by atoms with E-state index < -0.39 is 11.9 Å². The molecule has 0 aliphatic carbocycles. The number of benzene rings is 1. The highest BCUT2D eigenvalue weighted by atomic mass is 32.2. The predicted molar refractivity (Wildman–Crippen MR) is 105 cm³/mol. The Hall–Kier alpha value is -2.53. The van der Waals surface area contributed by atoms with Gasteiger partial charge in [-0.2, -0.15) is 0 Å². The number of para-hydroxylation sites is 1. The summed E-state index contributed by atoms with van der Waals surface area (Å²) in [6.45, 7) is 5.74. The van der Waals surface area contributed by atoms with E-state index >= 15 is 0 Å². The van der Waals surface area contributed by atoms with Crippen molar-refractivity contribution in [2.24, 2.45) is 0 Å². The van der Waals surface area contributed by atoms with Crippen molar-refractivity contribution < 1.29 is 13.9 Å². The molecule has 0 radical (unpaired) electrons. The standard InChI is InChI=1S/C17H19FN6O2S2/c1-10(2)24-15(11(3)26-13-7-5-4-6-12(13)18)21-23-17(24)27-8-14(25)20-16-22-19-9-28-16/h4-7,9-11H,8H2,1-3H3,(H,20,22,25). The largest absolute Gasteiger partial charge is 0.480 e. The minimum absolute atomic E-state index is 0.0328. The summed E-state index contributed by atoms with van der Waals surface area (Å²) in [6, 6.07) is 6.24. The predicted octanol–water partition coefficient (Wildman–Crippen LogP) is 3.72. The topological polar surface area (TPSA) is 94.8 Å². The number of nitrogens with zero attached hydrogens (tertiary/aromatic N) is 5. The third-order valence-corrected chi connectivity index (χ3v) is 5.20. The molecular formula is C17H19FN6O2S2. The van der Waals surface area contributed by atoms with Gasteiger partial charge in [0.25, 0.3) is 0 Å². The first-order chi connectivity index (χ1) is 13.5. The van der Waals surface area contributed by atoms with Crippen LogP contribution >= 0.6 is 23.1 Å². The molecule has 1 aromatic carbocycles. The van der Waals surface area contributed by atoms with Gasteiger partial charge < -0.3 is 9.30 Å². The minimum Gasteiger partial charge on any atom is -0.480 e. The van der Waals surface area contributed by atoms with Crippen molar-refractivity contribution in [1.82, 2.24) is 25.0 Å². The van der Waals surface area contributed by atoms with Gasteiger partial charge in [0.1, 0.15) is 5.51 Å². The third-order valence-electron chi connectivity index (χ3n) is 3.65. The van der Waals surface area contributed by atoms with Gasteiger partial charge in [0.05, 0.1) is 5.75 Å². The van der Waals surface area contributed by atoms with Crippen LogP contribution in [0.3, 0.4) is 0 Å². The van der Waals surface area contributed by atoms with Gasteiger partial charge in [-0.05, 0) is 32.9 Å². The van der Waals surface area contributed by atoms with Crippen LogP contribution < -0.4 is 10.1 Å². The molecule has 28 heavy (non-hydrogen) atoms. The summed E-state index contributed by atoms with van der Waals surface area (Å²) in [5, 5.41) is 19.6. The van der Waals surface area contributed by atoms with E-state index in [1.807, 2.05) is 18.4 Å². The molecule has 0 bridgehead atoms. The third kappa shape index (κ3) is 4.84. The van der Waals surface area contributed by atoms with Gasteiger partial charge in [-0.25, -0.2) is 4.39 Å². The maximum atomic E-state index is 13.9. The summed E-state index contributed by atoms with van der Waals surface area (Å²) < 4.78 is 21.5. The molecule has 1 unspecified atom stereocenters. The second-order valence-electron chi connectivity index (χ2n) is 6.08. The lowest BCUT2D eigenvalue weighted by Gasteiger charge is -2.19. The van der Waals surface area contributed by atoms with Crippen molar-refractivity contribution in [3.8, 4) is 5.75 Å². The SMILES string of the molecule is CC(Oc1ccccc1F)c1nnc(SCC(=O)Nc2nncs2)n1C(C)C. The number of thioether (sulfide) groups is 1. The smallest absolute Gasteiger partial charge is 0.236 e. The van der Waals surface area contributed by atoms with E-state index in [0.29, 0.717) is 16.1 Å². The van der Waals surface area contributed by atoms with Crippen molar-refractivity contribution in [3.63, 3.8) is 0 Å². The number of carbonyl (C=O) groups is 1. The average molecular weight is 423 g/mol. The van der Waals surface area contributed by atoms with Crippen LogP contribution in [0.25, 0.3) is 0 Å². The highest BCUT2D eigenvalue weighted by Gasteiger charge is 2.22. The number of nitrogens with one attached hydrogen (secondary N) is 1. The van der Waals surface area contributed by atoms with E-state index in [9.17, 15) is 9.18 Å². The molecule has 2 heterocycles. The van der Waals surface area contributed by atoms with Gasteiger partial charge in [-0.3, -0.25) is 10.1 Å². The zero-order valence-corrected chi connectivity index (χ0v) is 17.1. The van der Waals surface area contributed by atoms with Crippen molar-refractivity contribution in [3.05, 3.63) is 41.4 Å². The molecule has 0 saturated heterocycles. The minimum atomic E-state index is -0.517. The van der Waals surface area contributed by atoms with Crippen LogP contribution in [0.4, 0.5) is 9.52 Å². The Bertz CT molecular complexity index is 932. The van der Waals surface area contributed by atoms with E-state index in [1.54, 1.807) is 30.6 Å². The van der Waals surface area contributed by atoms with Crippen molar-refractivity contribution in [2.75, 3.05) is 11.1 Å². The molecule has 8 nitrogen and oxygen atoms in total. The lowest BCUT2D eigenvalue weighted by molar-refractivity contribution is -0.113. The average Bonchev–Trinajstić information content (AvgIpc) is 3.31. The fraction of sp³-hybridized carbons (Fsp3) is 0.353. The Morgan fingerprint density at radius 1 is 1.29 bits per heavy atom. The molecule has 3 aromatic rings. The Kier molecular flexibility index (Phi) is 6.57. The normalized spacial score (nSPS) is 12.2. The number of hydrogen-bond donors (Lipinski definition) is 1. The van der Waals surface area contributed by atoms with Crippen LogP contribution in [0.5, 0.6) is 5.75 Å². The Balaban J connectivity index is 1.70. The second-order valence-corrected chi connectivity index (χ2v) is 7.85. The van der Waals surface area contributed by atoms with Gasteiger partial charge in [0, 0.05) is 6.04 Å². The van der Waals surface area contributed by atoms with Crippen LogP contribution in [0, 0.1) is 5.82 Å². The number of hydrogen-bond acceptors (Lipinski definition) is 8. The molecule has 0 aliphatic rings. The molecule has 0 saturated carbocycles. The van der Waals surface area contributed by atoms with E-state index in [-0.39, 0.29) is 23.5 Å². The van der Waals surface area contributed by atoms with Crippen LogP contribution in [-0.2, 0) is 4.79 Å². The van der Waals surface area contributed by atoms with E-state index in [2.05, 4.69) is 25.7 Å². The number of anilines is 1. The fourth-order valence-corrected chi connectivity index (χ4v) is 3.78. The molecule has 2 aromatic heterocycles. The summed E-state index contributed by atoms with van der Waals surface area (Å²) in [7, 11) is 0. The summed E-state index contributed by atoms with van der Waals surface area (Å²) >= 11 is 2.50. The maximum Gasteiger partial charge on any atom is 0.236 e. The number of halogens is 1. The Morgan fingerprint density at radius 2 is 2.07 bits per heavy atom. The second kappa shape index (κ2) is 9.11. The van der Waals surface area contributed by atoms with Gasteiger partial charge in [-0.1, -0.05) is 35.2 Å². The number of carbonyl (C=O) groups excluding carboxylic acids is 1. The molecule has 1 atom stereocenters. The highest BCUT2D eigenvalue weighted by molar-refractivity contribution is 7.99. The molecule has 0 aliphatic heterocycles. The molecule has 3 rings (SSSR count). The molecule has 148 valence electrons. The molecule has 1 N–H and O–H groups in total. The van der Waals surface area contributed by atoms with Gasteiger partial charge in [0.2, 0.25) is 11.0 Å². The maximum absolute atomic E-state index is 13.9. The van der Waals surface area contributed by atoms with E-state index in [1.165, 1.54) is 29.2 Å². The fourth-order valence-electron chi connectivity index (χ4n) is 2.45. The first-order valence-corrected chi connectivity index (χ1v) is 10.4.